The van der Waals surface area contributed by atoms with Gasteiger partial charge in [0.2, 0.25) is 0 Å². The first-order chi connectivity index (χ1) is 11.6. The highest BCUT2D eigenvalue weighted by Gasteiger charge is 2.16. The summed E-state index contributed by atoms with van der Waals surface area (Å²) in [6.45, 7) is 0.169. The van der Waals surface area contributed by atoms with E-state index in [1.165, 1.54) is 12.1 Å². The van der Waals surface area contributed by atoms with Crippen LogP contribution in [0.25, 0.3) is 0 Å². The van der Waals surface area contributed by atoms with E-state index in [1.54, 1.807) is 12.1 Å². The largest absolute Gasteiger partial charge is 0.461 e. The first-order valence-electron chi connectivity index (χ1n) is 7.46. The topological polar surface area (TPSA) is 86.5 Å². The SMILES string of the molecule is O=C[C@@H](CC(=O)OCc1ccccc1)Cc1ccc([N+](=O)[O-])cc1. The molecule has 2 aromatic rings. The summed E-state index contributed by atoms with van der Waals surface area (Å²) in [4.78, 5) is 33.2. The van der Waals surface area contributed by atoms with E-state index in [-0.39, 0.29) is 18.7 Å². The van der Waals surface area contributed by atoms with E-state index in [1.807, 2.05) is 30.3 Å². The molecule has 2 aromatic carbocycles. The highest BCUT2D eigenvalue weighted by molar-refractivity contribution is 5.74. The molecule has 0 heterocycles. The molecule has 0 spiro atoms. The summed E-state index contributed by atoms with van der Waals surface area (Å²) >= 11 is 0. The molecule has 0 unspecified atom stereocenters. The summed E-state index contributed by atoms with van der Waals surface area (Å²) < 4.78 is 5.16. The Morgan fingerprint density at radius 1 is 1.08 bits per heavy atom. The zero-order valence-electron chi connectivity index (χ0n) is 13.0. The smallest absolute Gasteiger partial charge is 0.306 e. The first-order valence-corrected chi connectivity index (χ1v) is 7.46. The van der Waals surface area contributed by atoms with E-state index in [4.69, 9.17) is 4.74 Å². The molecule has 0 amide bonds. The normalized spacial score (nSPS) is 11.5. The van der Waals surface area contributed by atoms with Crippen molar-refractivity contribution >= 4 is 17.9 Å². The number of non-ortho nitro benzene ring substituents is 1. The molecule has 0 N–H and O–H groups in total. The molecule has 0 radical (unpaired) electrons. The third-order valence-corrected chi connectivity index (χ3v) is 3.51. The van der Waals surface area contributed by atoms with Crippen molar-refractivity contribution in [1.29, 1.82) is 0 Å². The Morgan fingerprint density at radius 3 is 2.33 bits per heavy atom. The van der Waals surface area contributed by atoms with Gasteiger partial charge in [0.05, 0.1) is 11.3 Å². The lowest BCUT2D eigenvalue weighted by Crippen LogP contribution is -2.15. The van der Waals surface area contributed by atoms with Crippen LogP contribution < -0.4 is 0 Å². The lowest BCUT2D eigenvalue weighted by molar-refractivity contribution is -0.384. The van der Waals surface area contributed by atoms with Gasteiger partial charge in [-0.05, 0) is 17.5 Å². The minimum Gasteiger partial charge on any atom is -0.461 e. The summed E-state index contributed by atoms with van der Waals surface area (Å²) in [6, 6.07) is 15.2. The predicted octanol–water partition coefficient (Wildman–Crippen LogP) is 3.09. The minimum atomic E-state index is -0.519. The molecule has 0 bridgehead atoms. The number of hydrogen-bond acceptors (Lipinski definition) is 5. The zero-order chi connectivity index (χ0) is 17.4. The standard InChI is InChI=1S/C18H17NO5/c20-12-16(10-14-6-8-17(9-7-14)19(22)23)11-18(21)24-13-15-4-2-1-3-5-15/h1-9,12,16H,10-11,13H2/t16-/m1/s1. The molecule has 0 aromatic heterocycles. The third kappa shape index (κ3) is 5.31. The third-order valence-electron chi connectivity index (χ3n) is 3.51. The van der Waals surface area contributed by atoms with Crippen LogP contribution in [0.5, 0.6) is 0 Å². The number of carbonyl (C=O) groups excluding carboxylic acids is 2. The van der Waals surface area contributed by atoms with Crippen molar-refractivity contribution in [2.75, 3.05) is 0 Å². The van der Waals surface area contributed by atoms with Gasteiger partial charge in [0, 0.05) is 18.1 Å². The lowest BCUT2D eigenvalue weighted by Gasteiger charge is -2.10. The second-order valence-corrected chi connectivity index (χ2v) is 5.37. The van der Waals surface area contributed by atoms with Crippen LogP contribution in [0, 0.1) is 16.0 Å². The Bertz CT molecular complexity index is 697. The van der Waals surface area contributed by atoms with Gasteiger partial charge >= 0.3 is 5.97 Å². The number of nitrogens with zero attached hydrogens (tertiary/aromatic N) is 1. The van der Waals surface area contributed by atoms with E-state index >= 15 is 0 Å². The maximum Gasteiger partial charge on any atom is 0.306 e. The number of ether oxygens (including phenoxy) is 1. The van der Waals surface area contributed by atoms with Crippen molar-refractivity contribution in [1.82, 2.24) is 0 Å². The average molecular weight is 327 g/mol. The number of aldehydes is 1. The second-order valence-electron chi connectivity index (χ2n) is 5.37. The maximum atomic E-state index is 11.8. The van der Waals surface area contributed by atoms with Crippen molar-refractivity contribution < 1.29 is 19.2 Å². The van der Waals surface area contributed by atoms with E-state index in [0.29, 0.717) is 12.7 Å². The Kier molecular flexibility index (Phi) is 6.19. The number of benzene rings is 2. The van der Waals surface area contributed by atoms with Crippen LogP contribution in [-0.4, -0.2) is 17.2 Å². The number of nitro benzene ring substituents is 1. The van der Waals surface area contributed by atoms with Gasteiger partial charge in [-0.3, -0.25) is 14.9 Å². The lowest BCUT2D eigenvalue weighted by atomic mass is 9.97. The number of carbonyl (C=O) groups is 2. The number of esters is 1. The van der Waals surface area contributed by atoms with Crippen LogP contribution in [-0.2, 0) is 27.4 Å². The van der Waals surface area contributed by atoms with Gasteiger partial charge in [-0.2, -0.15) is 0 Å². The zero-order valence-corrected chi connectivity index (χ0v) is 13.0. The molecule has 1 atom stereocenters. The minimum absolute atomic E-state index is 0.0105. The molecule has 2 rings (SSSR count). The van der Waals surface area contributed by atoms with Crippen molar-refractivity contribution in [3.63, 3.8) is 0 Å². The van der Waals surface area contributed by atoms with Crippen molar-refractivity contribution in [3.8, 4) is 0 Å². The van der Waals surface area contributed by atoms with Gasteiger partial charge < -0.3 is 9.53 Å². The monoisotopic (exact) mass is 327 g/mol. The Balaban J connectivity index is 1.85. The highest BCUT2D eigenvalue weighted by atomic mass is 16.6. The van der Waals surface area contributed by atoms with E-state index in [0.717, 1.165) is 11.1 Å². The Morgan fingerprint density at radius 2 is 1.75 bits per heavy atom. The molecule has 6 nitrogen and oxygen atoms in total. The molecule has 6 heteroatoms. The van der Waals surface area contributed by atoms with Crippen molar-refractivity contribution in [2.45, 2.75) is 19.4 Å². The summed E-state index contributed by atoms with van der Waals surface area (Å²) in [5.74, 6) is -0.965. The van der Waals surface area contributed by atoms with Crippen molar-refractivity contribution in [3.05, 3.63) is 75.8 Å². The molecule has 0 saturated heterocycles. The molecular weight excluding hydrogens is 310 g/mol. The van der Waals surface area contributed by atoms with Crippen LogP contribution in [0.4, 0.5) is 5.69 Å². The van der Waals surface area contributed by atoms with Crippen molar-refractivity contribution in [2.24, 2.45) is 5.92 Å². The predicted molar refractivity (Wildman–Crippen MR) is 87.2 cm³/mol. The molecule has 0 aliphatic rings. The molecule has 0 aliphatic carbocycles. The number of hydrogen-bond donors (Lipinski definition) is 0. The van der Waals surface area contributed by atoms with Gasteiger partial charge in [-0.1, -0.05) is 42.5 Å². The molecular formula is C18H17NO5. The highest BCUT2D eigenvalue weighted by Crippen LogP contribution is 2.16. The summed E-state index contributed by atoms with van der Waals surface area (Å²) in [6.07, 6.45) is 1.03. The molecule has 0 aliphatic heterocycles. The quantitative estimate of drug-likeness (QED) is 0.322. The fraction of sp³-hybridized carbons (Fsp3) is 0.222. The van der Waals surface area contributed by atoms with Crippen LogP contribution in [0.15, 0.2) is 54.6 Å². The van der Waals surface area contributed by atoms with Crippen LogP contribution in [0.1, 0.15) is 17.5 Å². The van der Waals surface area contributed by atoms with Gasteiger partial charge in [-0.25, -0.2) is 0 Å². The van der Waals surface area contributed by atoms with E-state index in [9.17, 15) is 19.7 Å². The average Bonchev–Trinajstić information content (AvgIpc) is 2.60. The van der Waals surface area contributed by atoms with Gasteiger partial charge in [0.15, 0.2) is 0 Å². The summed E-state index contributed by atoms with van der Waals surface area (Å²) in [5.41, 5.74) is 1.63. The van der Waals surface area contributed by atoms with Crippen LogP contribution in [0.3, 0.4) is 0 Å². The molecule has 124 valence electrons. The molecule has 24 heavy (non-hydrogen) atoms. The maximum absolute atomic E-state index is 11.8. The first kappa shape index (κ1) is 17.3. The Labute approximate surface area is 139 Å². The van der Waals surface area contributed by atoms with Gasteiger partial charge in [0.1, 0.15) is 12.9 Å². The van der Waals surface area contributed by atoms with Gasteiger partial charge in [-0.15, -0.1) is 0 Å². The summed E-state index contributed by atoms with van der Waals surface area (Å²) in [7, 11) is 0. The van der Waals surface area contributed by atoms with Crippen LogP contribution >= 0.6 is 0 Å². The number of nitro groups is 1. The fourth-order valence-electron chi connectivity index (χ4n) is 2.24. The van der Waals surface area contributed by atoms with Gasteiger partial charge in [0.25, 0.3) is 5.69 Å². The Hall–Kier alpha value is -3.02. The van der Waals surface area contributed by atoms with Crippen LogP contribution in [0.2, 0.25) is 0 Å². The fourth-order valence-corrected chi connectivity index (χ4v) is 2.24. The van der Waals surface area contributed by atoms with E-state index < -0.39 is 16.8 Å². The second kappa shape index (κ2) is 8.57. The molecule has 0 fully saturated rings. The number of rotatable bonds is 8. The summed E-state index contributed by atoms with van der Waals surface area (Å²) in [5, 5.41) is 10.6. The molecule has 0 saturated carbocycles. The van der Waals surface area contributed by atoms with E-state index in [2.05, 4.69) is 0 Å².